The molecule has 106 valence electrons. The van der Waals surface area contributed by atoms with Gasteiger partial charge in [-0.25, -0.2) is 0 Å². The maximum absolute atomic E-state index is 11.4. The zero-order valence-electron chi connectivity index (χ0n) is 12.1. The van der Waals surface area contributed by atoms with Gasteiger partial charge in [-0.1, -0.05) is 18.2 Å². The summed E-state index contributed by atoms with van der Waals surface area (Å²) in [5.41, 5.74) is 3.55. The highest BCUT2D eigenvalue weighted by Gasteiger charge is 2.08. The van der Waals surface area contributed by atoms with Gasteiger partial charge < -0.3 is 10.2 Å². The first kappa shape index (κ1) is 14.6. The predicted molar refractivity (Wildman–Crippen MR) is 85.0 cm³/mol. The van der Waals surface area contributed by atoms with Crippen LogP contribution in [0.4, 0.5) is 5.69 Å². The molecule has 20 heavy (non-hydrogen) atoms. The number of carbonyl (C=O) groups is 1. The van der Waals surface area contributed by atoms with Crippen molar-refractivity contribution in [1.29, 1.82) is 0 Å². The first-order valence-electron chi connectivity index (χ1n) is 6.64. The van der Waals surface area contributed by atoms with Gasteiger partial charge in [-0.2, -0.15) is 0 Å². The third kappa shape index (κ3) is 3.61. The van der Waals surface area contributed by atoms with Crippen LogP contribution in [0.15, 0.2) is 35.7 Å². The van der Waals surface area contributed by atoms with Crippen LogP contribution in [0, 0.1) is 6.92 Å². The number of carbonyl (C=O) groups excluding carboxylic acids is 1. The second-order valence-corrected chi connectivity index (χ2v) is 5.91. The van der Waals surface area contributed by atoms with Gasteiger partial charge in [0.2, 0.25) is 5.91 Å². The van der Waals surface area contributed by atoms with Crippen molar-refractivity contribution in [1.82, 2.24) is 4.90 Å². The number of hydrogen-bond donors (Lipinski definition) is 1. The largest absolute Gasteiger partial charge is 0.380 e. The summed E-state index contributed by atoms with van der Waals surface area (Å²) in [5.74, 6) is 0.0777. The number of nitrogens with zero attached hydrogens (tertiary/aromatic N) is 1. The van der Waals surface area contributed by atoms with Gasteiger partial charge >= 0.3 is 0 Å². The van der Waals surface area contributed by atoms with Crippen molar-refractivity contribution in [3.05, 3.63) is 51.7 Å². The number of thiophene rings is 1. The molecule has 3 nitrogen and oxygen atoms in total. The van der Waals surface area contributed by atoms with Crippen LogP contribution in [0.3, 0.4) is 0 Å². The predicted octanol–water partition coefficient (Wildman–Crippen LogP) is 3.65. The fraction of sp³-hybridized carbons (Fsp3) is 0.312. The highest BCUT2D eigenvalue weighted by atomic mass is 32.1. The van der Waals surface area contributed by atoms with E-state index in [0.717, 1.165) is 17.8 Å². The second kappa shape index (κ2) is 6.57. The van der Waals surface area contributed by atoms with Crippen LogP contribution in [-0.2, 0) is 17.9 Å². The molecular formula is C16H20N2OS. The molecule has 1 heterocycles. The van der Waals surface area contributed by atoms with E-state index in [-0.39, 0.29) is 5.91 Å². The highest BCUT2D eigenvalue weighted by molar-refractivity contribution is 7.10. The van der Waals surface area contributed by atoms with Crippen molar-refractivity contribution < 1.29 is 4.79 Å². The van der Waals surface area contributed by atoms with Gasteiger partial charge in [-0.3, -0.25) is 4.79 Å². The molecule has 0 unspecified atom stereocenters. The molecule has 0 fully saturated rings. The molecule has 0 aliphatic rings. The van der Waals surface area contributed by atoms with Gasteiger partial charge in [0.1, 0.15) is 0 Å². The van der Waals surface area contributed by atoms with Crippen molar-refractivity contribution >= 4 is 22.9 Å². The van der Waals surface area contributed by atoms with E-state index in [1.165, 1.54) is 10.4 Å². The smallest absolute Gasteiger partial charge is 0.219 e. The molecule has 0 spiro atoms. The Labute approximate surface area is 124 Å². The molecule has 0 saturated carbocycles. The maximum Gasteiger partial charge on any atom is 0.219 e. The number of para-hydroxylation sites is 1. The molecule has 0 atom stereocenters. The van der Waals surface area contributed by atoms with E-state index < -0.39 is 0 Å². The van der Waals surface area contributed by atoms with Gasteiger partial charge in [-0.05, 0) is 35.6 Å². The van der Waals surface area contributed by atoms with Crippen molar-refractivity contribution in [2.75, 3.05) is 12.4 Å². The average Bonchev–Trinajstić information content (AvgIpc) is 2.83. The van der Waals surface area contributed by atoms with Crippen molar-refractivity contribution in [3.8, 4) is 0 Å². The minimum Gasteiger partial charge on any atom is -0.380 e. The van der Waals surface area contributed by atoms with Crippen LogP contribution < -0.4 is 5.32 Å². The lowest BCUT2D eigenvalue weighted by molar-refractivity contribution is -0.128. The van der Waals surface area contributed by atoms with Gasteiger partial charge in [-0.15, -0.1) is 11.3 Å². The van der Waals surface area contributed by atoms with Crippen LogP contribution in [0.5, 0.6) is 0 Å². The van der Waals surface area contributed by atoms with Crippen LogP contribution in [0.2, 0.25) is 0 Å². The molecule has 4 heteroatoms. The molecule has 2 rings (SSSR count). The molecule has 1 aromatic carbocycles. The summed E-state index contributed by atoms with van der Waals surface area (Å²) < 4.78 is 0. The quantitative estimate of drug-likeness (QED) is 0.911. The van der Waals surface area contributed by atoms with Crippen molar-refractivity contribution in [2.45, 2.75) is 26.9 Å². The third-order valence-electron chi connectivity index (χ3n) is 3.37. The molecule has 0 aliphatic carbocycles. The van der Waals surface area contributed by atoms with Crippen LogP contribution in [0.25, 0.3) is 0 Å². The van der Waals surface area contributed by atoms with Gasteiger partial charge in [0, 0.05) is 37.6 Å². The van der Waals surface area contributed by atoms with Crippen LogP contribution >= 0.6 is 11.3 Å². The summed E-state index contributed by atoms with van der Waals surface area (Å²) in [7, 11) is 1.82. The minimum atomic E-state index is 0.0777. The normalized spacial score (nSPS) is 10.3. The van der Waals surface area contributed by atoms with Crippen molar-refractivity contribution in [2.24, 2.45) is 0 Å². The molecule has 0 aliphatic heterocycles. The summed E-state index contributed by atoms with van der Waals surface area (Å²) in [6.45, 7) is 5.17. The Morgan fingerprint density at radius 1 is 1.30 bits per heavy atom. The Morgan fingerprint density at radius 3 is 2.70 bits per heavy atom. The number of amides is 1. The van der Waals surface area contributed by atoms with Crippen LogP contribution in [-0.4, -0.2) is 17.9 Å². The lowest BCUT2D eigenvalue weighted by Gasteiger charge is -2.18. The number of benzene rings is 1. The van der Waals surface area contributed by atoms with E-state index in [1.54, 1.807) is 23.2 Å². The highest BCUT2D eigenvalue weighted by Crippen LogP contribution is 2.21. The Morgan fingerprint density at radius 2 is 2.05 bits per heavy atom. The average molecular weight is 288 g/mol. The van der Waals surface area contributed by atoms with Gasteiger partial charge in [0.25, 0.3) is 0 Å². The van der Waals surface area contributed by atoms with E-state index in [0.29, 0.717) is 6.54 Å². The molecule has 1 aromatic heterocycles. The fourth-order valence-corrected chi connectivity index (χ4v) is 2.80. The Hall–Kier alpha value is -1.81. The van der Waals surface area contributed by atoms with E-state index in [9.17, 15) is 4.79 Å². The third-order valence-corrected chi connectivity index (χ3v) is 4.39. The van der Waals surface area contributed by atoms with E-state index in [4.69, 9.17) is 0 Å². The SMILES string of the molecule is CC(=O)N(C)Cc1ccccc1NCc1sccc1C. The minimum absolute atomic E-state index is 0.0777. The number of aryl methyl sites for hydroxylation is 1. The molecule has 0 bridgehead atoms. The van der Waals surface area contributed by atoms with E-state index >= 15 is 0 Å². The molecular weight excluding hydrogens is 268 g/mol. The van der Waals surface area contributed by atoms with E-state index in [1.807, 2.05) is 19.2 Å². The van der Waals surface area contributed by atoms with Crippen molar-refractivity contribution in [3.63, 3.8) is 0 Å². The van der Waals surface area contributed by atoms with Gasteiger partial charge in [0.05, 0.1) is 0 Å². The Balaban J connectivity index is 2.08. The standard InChI is InChI=1S/C16H20N2OS/c1-12-8-9-20-16(12)10-17-15-7-5-4-6-14(15)11-18(3)13(2)19/h4-9,17H,10-11H2,1-3H3. The number of hydrogen-bond acceptors (Lipinski definition) is 3. The number of rotatable bonds is 5. The first-order chi connectivity index (χ1) is 9.58. The Bertz CT molecular complexity index is 592. The Kier molecular flexibility index (Phi) is 4.79. The lowest BCUT2D eigenvalue weighted by Crippen LogP contribution is -2.23. The molecule has 2 aromatic rings. The number of anilines is 1. The molecule has 1 N–H and O–H groups in total. The summed E-state index contributed by atoms with van der Waals surface area (Å²) in [6.07, 6.45) is 0. The summed E-state index contributed by atoms with van der Waals surface area (Å²) in [5, 5.41) is 5.59. The number of nitrogens with one attached hydrogen (secondary N) is 1. The topological polar surface area (TPSA) is 32.3 Å². The summed E-state index contributed by atoms with van der Waals surface area (Å²) in [4.78, 5) is 14.4. The molecule has 1 amide bonds. The second-order valence-electron chi connectivity index (χ2n) is 4.91. The van der Waals surface area contributed by atoms with Gasteiger partial charge in [0.15, 0.2) is 0 Å². The fourth-order valence-electron chi connectivity index (χ4n) is 1.96. The maximum atomic E-state index is 11.4. The molecule has 0 radical (unpaired) electrons. The zero-order valence-corrected chi connectivity index (χ0v) is 13.0. The zero-order chi connectivity index (χ0) is 14.5. The van der Waals surface area contributed by atoms with Crippen LogP contribution in [0.1, 0.15) is 22.9 Å². The first-order valence-corrected chi connectivity index (χ1v) is 7.52. The lowest BCUT2D eigenvalue weighted by atomic mass is 10.1. The van der Waals surface area contributed by atoms with E-state index in [2.05, 4.69) is 35.8 Å². The monoisotopic (exact) mass is 288 g/mol. The summed E-state index contributed by atoms with van der Waals surface area (Å²) in [6, 6.07) is 10.3. The molecule has 0 saturated heterocycles. The summed E-state index contributed by atoms with van der Waals surface area (Å²) >= 11 is 1.77.